The van der Waals surface area contributed by atoms with Crippen LogP contribution in [0.5, 0.6) is 0 Å². The number of carbonyl (C=O) groups excluding carboxylic acids is 2. The second kappa shape index (κ2) is 9.83. The minimum absolute atomic E-state index is 0.0997. The third-order valence-electron chi connectivity index (χ3n) is 6.96. The van der Waals surface area contributed by atoms with Crippen LogP contribution in [-0.4, -0.2) is 68.9 Å². The predicted molar refractivity (Wildman–Crippen MR) is 144 cm³/mol. The summed E-state index contributed by atoms with van der Waals surface area (Å²) in [6.45, 7) is 2.09. The summed E-state index contributed by atoms with van der Waals surface area (Å²) in [7, 11) is 5.28. The number of anilines is 4. The number of nitrogens with one attached hydrogen (secondary N) is 3. The molecule has 3 aromatic heterocycles. The van der Waals surface area contributed by atoms with Gasteiger partial charge in [0.05, 0.1) is 59.9 Å². The van der Waals surface area contributed by atoms with Crippen molar-refractivity contribution in [2.75, 3.05) is 42.8 Å². The minimum atomic E-state index is -0.407. The fourth-order valence-corrected chi connectivity index (χ4v) is 5.08. The minimum Gasteiger partial charge on any atom is -0.379 e. The largest absolute Gasteiger partial charge is 0.379 e. The highest BCUT2D eigenvalue weighted by molar-refractivity contribution is 6.04. The molecule has 0 saturated carbocycles. The van der Waals surface area contributed by atoms with Gasteiger partial charge in [-0.15, -0.1) is 10.2 Å². The third kappa shape index (κ3) is 4.46. The highest BCUT2D eigenvalue weighted by Crippen LogP contribution is 2.44. The van der Waals surface area contributed by atoms with Crippen molar-refractivity contribution in [2.24, 2.45) is 7.05 Å². The lowest BCUT2D eigenvalue weighted by molar-refractivity contribution is 0.0957. The van der Waals surface area contributed by atoms with E-state index in [1.807, 2.05) is 25.4 Å². The quantitative estimate of drug-likeness (QED) is 0.343. The van der Waals surface area contributed by atoms with E-state index in [9.17, 15) is 9.59 Å². The van der Waals surface area contributed by atoms with Crippen LogP contribution in [-0.2, 0) is 18.3 Å². The summed E-state index contributed by atoms with van der Waals surface area (Å²) < 4.78 is 9.22. The lowest BCUT2D eigenvalue weighted by Gasteiger charge is -2.31. The summed E-state index contributed by atoms with van der Waals surface area (Å²) >= 11 is 0. The van der Waals surface area contributed by atoms with Gasteiger partial charge in [0.2, 0.25) is 0 Å². The van der Waals surface area contributed by atoms with Gasteiger partial charge in [-0.05, 0) is 12.5 Å². The molecule has 1 saturated heterocycles. The van der Waals surface area contributed by atoms with Crippen molar-refractivity contribution >= 4 is 34.7 Å². The average molecular weight is 529 g/mol. The number of rotatable bonds is 6. The van der Waals surface area contributed by atoms with Crippen LogP contribution in [0.2, 0.25) is 0 Å². The number of carbonyl (C=O) groups is 2. The highest BCUT2D eigenvalue weighted by atomic mass is 16.5. The Labute approximate surface area is 224 Å². The molecule has 0 radical (unpaired) electrons. The van der Waals surface area contributed by atoms with Crippen LogP contribution in [0.25, 0.3) is 11.1 Å². The van der Waals surface area contributed by atoms with E-state index in [-0.39, 0.29) is 23.5 Å². The number of fused-ring (bicyclic) bond motifs is 3. The Kier molecular flexibility index (Phi) is 6.19. The second-order valence-electron chi connectivity index (χ2n) is 9.58. The smallest absolute Gasteiger partial charge is 0.273 e. The summed E-state index contributed by atoms with van der Waals surface area (Å²) in [6, 6.07) is 7.80. The Hall–Kier alpha value is -4.78. The predicted octanol–water partition coefficient (Wildman–Crippen LogP) is 2.34. The van der Waals surface area contributed by atoms with Gasteiger partial charge in [0.15, 0.2) is 11.5 Å². The Morgan fingerprint density at radius 2 is 1.92 bits per heavy atom. The van der Waals surface area contributed by atoms with Crippen LogP contribution >= 0.6 is 0 Å². The average Bonchev–Trinajstić information content (AvgIpc) is 3.70. The van der Waals surface area contributed by atoms with Crippen LogP contribution < -0.4 is 20.9 Å². The number of amides is 2. The summed E-state index contributed by atoms with van der Waals surface area (Å²) in [6.07, 6.45) is 5.93. The van der Waals surface area contributed by atoms with E-state index in [4.69, 9.17) is 9.84 Å². The fraction of sp³-hybridized carbons (Fsp3) is 0.308. The first kappa shape index (κ1) is 24.6. The number of aryl methyl sites for hydroxylation is 1. The van der Waals surface area contributed by atoms with Gasteiger partial charge in [-0.2, -0.15) is 10.2 Å². The standard InChI is InChI=1S/C26H28N10O3/c1-27-26(38)23-20(9-22(32-33-23)31-25(37)15-10-28-35(3)12-15)30-19-6-4-5-17-18-11-29-36(16-7-8-39-14-16)21(18)13-34(2)24(17)19/h4-6,9-12,16H,7-8,13-14H2,1-3H3,(H,27,38)(H2,30,31,32,37)/t16-/m0/s1. The van der Waals surface area contributed by atoms with Crippen molar-refractivity contribution in [2.45, 2.75) is 19.0 Å². The highest BCUT2D eigenvalue weighted by Gasteiger charge is 2.30. The number of nitrogens with zero attached hydrogens (tertiary/aromatic N) is 7. The number of hydrogen-bond donors (Lipinski definition) is 3. The van der Waals surface area contributed by atoms with Gasteiger partial charge in [0.1, 0.15) is 0 Å². The Morgan fingerprint density at radius 3 is 2.67 bits per heavy atom. The van der Waals surface area contributed by atoms with E-state index in [2.05, 4.69) is 46.9 Å². The number of hydrogen-bond acceptors (Lipinski definition) is 9. The van der Waals surface area contributed by atoms with Gasteiger partial charge in [-0.3, -0.25) is 19.0 Å². The van der Waals surface area contributed by atoms with Gasteiger partial charge in [0, 0.05) is 51.1 Å². The molecule has 5 heterocycles. The zero-order valence-electron chi connectivity index (χ0n) is 21.8. The first-order valence-corrected chi connectivity index (χ1v) is 12.6. The van der Waals surface area contributed by atoms with Crippen molar-refractivity contribution in [1.82, 2.24) is 35.1 Å². The molecule has 1 atom stereocenters. The molecule has 2 aliphatic rings. The van der Waals surface area contributed by atoms with E-state index in [1.165, 1.54) is 17.9 Å². The molecule has 2 amide bonds. The molecule has 0 unspecified atom stereocenters. The fourth-order valence-electron chi connectivity index (χ4n) is 5.08. The van der Waals surface area contributed by atoms with Crippen molar-refractivity contribution in [3.05, 3.63) is 59.8 Å². The van der Waals surface area contributed by atoms with E-state index < -0.39 is 5.91 Å². The maximum absolute atomic E-state index is 12.7. The molecule has 2 aliphatic heterocycles. The van der Waals surface area contributed by atoms with Crippen molar-refractivity contribution in [3.8, 4) is 11.1 Å². The Morgan fingerprint density at radius 1 is 1.05 bits per heavy atom. The van der Waals surface area contributed by atoms with E-state index in [1.54, 1.807) is 19.3 Å². The van der Waals surface area contributed by atoms with Crippen LogP contribution in [0.4, 0.5) is 22.9 Å². The van der Waals surface area contributed by atoms with Gasteiger partial charge in [-0.25, -0.2) is 0 Å². The number of aromatic nitrogens is 6. The molecule has 0 bridgehead atoms. The van der Waals surface area contributed by atoms with Crippen LogP contribution in [0.15, 0.2) is 42.9 Å². The Balaban J connectivity index is 1.35. The van der Waals surface area contributed by atoms with E-state index >= 15 is 0 Å². The number of ether oxygens (including phenoxy) is 1. The lowest BCUT2D eigenvalue weighted by Crippen LogP contribution is -2.26. The van der Waals surface area contributed by atoms with Gasteiger partial charge < -0.3 is 25.6 Å². The lowest BCUT2D eigenvalue weighted by atomic mass is 9.97. The normalized spacial score (nSPS) is 16.0. The number of para-hydroxylation sites is 1. The van der Waals surface area contributed by atoms with Crippen LogP contribution in [0.3, 0.4) is 0 Å². The molecule has 6 rings (SSSR count). The van der Waals surface area contributed by atoms with Gasteiger partial charge >= 0.3 is 0 Å². The monoisotopic (exact) mass is 528 g/mol. The summed E-state index contributed by atoms with van der Waals surface area (Å²) in [5, 5.41) is 25.6. The summed E-state index contributed by atoms with van der Waals surface area (Å²) in [5.41, 5.74) is 5.87. The van der Waals surface area contributed by atoms with E-state index in [0.29, 0.717) is 24.4 Å². The maximum Gasteiger partial charge on any atom is 0.273 e. The topological polar surface area (TPSA) is 144 Å². The Bertz CT molecular complexity index is 1570. The molecule has 39 heavy (non-hydrogen) atoms. The van der Waals surface area contributed by atoms with Crippen molar-refractivity contribution in [3.63, 3.8) is 0 Å². The number of benzene rings is 1. The van der Waals surface area contributed by atoms with Crippen molar-refractivity contribution < 1.29 is 14.3 Å². The SMILES string of the molecule is CNC(=O)c1nnc(NC(=O)c2cnn(C)c2)cc1Nc1cccc2c1N(C)Cc1c-2cnn1[C@H]1CCOC1. The maximum atomic E-state index is 12.7. The molecular weight excluding hydrogens is 500 g/mol. The molecule has 4 aromatic rings. The van der Waals surface area contributed by atoms with Crippen LogP contribution in [0.1, 0.15) is 39.0 Å². The molecule has 3 N–H and O–H groups in total. The first-order chi connectivity index (χ1) is 18.9. The van der Waals surface area contributed by atoms with Crippen molar-refractivity contribution in [1.29, 1.82) is 0 Å². The summed E-state index contributed by atoms with van der Waals surface area (Å²) in [5.74, 6) is -0.597. The molecule has 0 spiro atoms. The zero-order valence-corrected chi connectivity index (χ0v) is 21.8. The van der Waals surface area contributed by atoms with E-state index in [0.717, 1.165) is 41.2 Å². The molecule has 0 aliphatic carbocycles. The molecular formula is C26H28N10O3. The second-order valence-corrected chi connectivity index (χ2v) is 9.58. The van der Waals surface area contributed by atoms with Gasteiger partial charge in [0.25, 0.3) is 11.8 Å². The molecule has 13 nitrogen and oxygen atoms in total. The zero-order chi connectivity index (χ0) is 27.1. The molecule has 1 fully saturated rings. The van der Waals surface area contributed by atoms with Crippen LogP contribution in [0, 0.1) is 0 Å². The first-order valence-electron chi connectivity index (χ1n) is 12.6. The molecule has 200 valence electrons. The van der Waals surface area contributed by atoms with Gasteiger partial charge in [-0.1, -0.05) is 12.1 Å². The summed E-state index contributed by atoms with van der Waals surface area (Å²) in [4.78, 5) is 27.5. The molecule has 1 aromatic carbocycles. The third-order valence-corrected chi connectivity index (χ3v) is 6.96. The molecule has 13 heteroatoms.